The summed E-state index contributed by atoms with van der Waals surface area (Å²) >= 11 is 0. The van der Waals surface area contributed by atoms with Crippen molar-refractivity contribution in [3.8, 4) is 11.1 Å². The topological polar surface area (TPSA) is 62.6 Å². The fourth-order valence-corrected chi connectivity index (χ4v) is 3.69. The third-order valence-electron chi connectivity index (χ3n) is 5.28. The van der Waals surface area contributed by atoms with Gasteiger partial charge in [0.15, 0.2) is 0 Å². The van der Waals surface area contributed by atoms with Gasteiger partial charge < -0.3 is 14.6 Å². The molecule has 0 unspecified atom stereocenters. The van der Waals surface area contributed by atoms with Crippen molar-refractivity contribution in [2.24, 2.45) is 0 Å². The Hall–Kier alpha value is -3.34. The number of hydrogen-bond acceptors (Lipinski definition) is 3. The van der Waals surface area contributed by atoms with Crippen LogP contribution in [0.5, 0.6) is 0 Å². The lowest BCUT2D eigenvalue weighted by atomic mass is 10.0. The van der Waals surface area contributed by atoms with E-state index in [9.17, 15) is 9.59 Å². The maximum atomic E-state index is 12.4. The van der Waals surface area contributed by atoms with E-state index in [0.29, 0.717) is 18.5 Å². The summed E-state index contributed by atoms with van der Waals surface area (Å²) in [6.07, 6.45) is 1.39. The average molecular weight is 388 g/mol. The van der Waals surface area contributed by atoms with Crippen molar-refractivity contribution in [2.45, 2.75) is 33.2 Å². The van der Waals surface area contributed by atoms with Crippen molar-refractivity contribution in [1.82, 2.24) is 5.32 Å². The monoisotopic (exact) mass is 388 g/mol. The third-order valence-corrected chi connectivity index (χ3v) is 5.28. The highest BCUT2D eigenvalue weighted by molar-refractivity contribution is 5.96. The molecule has 1 aliphatic rings. The van der Waals surface area contributed by atoms with E-state index < -0.39 is 0 Å². The van der Waals surface area contributed by atoms with Crippen LogP contribution < -0.4 is 10.2 Å². The summed E-state index contributed by atoms with van der Waals surface area (Å²) in [5, 5.41) is 2.87. The first kappa shape index (κ1) is 19.0. The van der Waals surface area contributed by atoms with E-state index in [2.05, 4.69) is 11.4 Å². The number of amides is 2. The number of furan rings is 1. The quantitative estimate of drug-likeness (QED) is 0.701. The van der Waals surface area contributed by atoms with E-state index in [-0.39, 0.29) is 11.8 Å². The number of carbonyl (C=O) groups excluding carboxylic acids is 2. The van der Waals surface area contributed by atoms with E-state index >= 15 is 0 Å². The van der Waals surface area contributed by atoms with Gasteiger partial charge in [-0.2, -0.15) is 0 Å². The van der Waals surface area contributed by atoms with Gasteiger partial charge in [-0.25, -0.2) is 0 Å². The second-order valence-corrected chi connectivity index (χ2v) is 7.26. The van der Waals surface area contributed by atoms with Gasteiger partial charge in [0, 0.05) is 24.2 Å². The fraction of sp³-hybridized carbons (Fsp3) is 0.250. The van der Waals surface area contributed by atoms with Crippen molar-refractivity contribution in [1.29, 1.82) is 0 Å². The van der Waals surface area contributed by atoms with Gasteiger partial charge in [-0.05, 0) is 66.4 Å². The number of nitrogens with one attached hydrogen (secondary N) is 1. The summed E-state index contributed by atoms with van der Waals surface area (Å²) in [6, 6.07) is 17.5. The van der Waals surface area contributed by atoms with Crippen LogP contribution in [0.2, 0.25) is 0 Å². The van der Waals surface area contributed by atoms with Crippen LogP contribution >= 0.6 is 0 Å². The Bertz CT molecular complexity index is 1050. The highest BCUT2D eigenvalue weighted by Gasteiger charge is 2.23. The van der Waals surface area contributed by atoms with Gasteiger partial charge in [0.25, 0.3) is 5.91 Å². The van der Waals surface area contributed by atoms with Crippen LogP contribution in [0, 0.1) is 6.92 Å². The van der Waals surface area contributed by atoms with Crippen LogP contribution in [-0.4, -0.2) is 18.4 Å². The number of nitrogens with zero attached hydrogens (tertiary/aromatic N) is 1. The first-order valence-corrected chi connectivity index (χ1v) is 9.92. The normalized spacial score (nSPS) is 12.7. The van der Waals surface area contributed by atoms with Crippen LogP contribution in [-0.2, 0) is 17.8 Å². The molecule has 3 aromatic rings. The van der Waals surface area contributed by atoms with Crippen LogP contribution in [0.3, 0.4) is 0 Å². The van der Waals surface area contributed by atoms with E-state index in [1.54, 1.807) is 0 Å². The van der Waals surface area contributed by atoms with E-state index in [4.69, 9.17) is 4.42 Å². The third kappa shape index (κ3) is 3.94. The van der Waals surface area contributed by atoms with Gasteiger partial charge in [-0.1, -0.05) is 25.1 Å². The zero-order chi connectivity index (χ0) is 20.4. The molecular formula is C24H24N2O3. The second-order valence-electron chi connectivity index (χ2n) is 7.26. The predicted molar refractivity (Wildman–Crippen MR) is 113 cm³/mol. The van der Waals surface area contributed by atoms with Gasteiger partial charge >= 0.3 is 0 Å². The minimum absolute atomic E-state index is 0.131. The lowest BCUT2D eigenvalue weighted by Gasteiger charge is -2.16. The zero-order valence-corrected chi connectivity index (χ0v) is 16.7. The summed E-state index contributed by atoms with van der Waals surface area (Å²) in [5.74, 6) is 1.60. The first-order valence-electron chi connectivity index (χ1n) is 9.92. The molecule has 0 bridgehead atoms. The minimum atomic E-state index is -0.131. The molecule has 1 aliphatic heterocycles. The van der Waals surface area contributed by atoms with Crippen LogP contribution in [0.4, 0.5) is 5.69 Å². The van der Waals surface area contributed by atoms with Gasteiger partial charge in [-0.15, -0.1) is 0 Å². The number of benzene rings is 2. The molecule has 1 aromatic heterocycles. The lowest BCUT2D eigenvalue weighted by Crippen LogP contribution is -2.27. The van der Waals surface area contributed by atoms with Crippen molar-refractivity contribution in [3.05, 3.63) is 77.2 Å². The molecule has 0 spiro atoms. The lowest BCUT2D eigenvalue weighted by molar-refractivity contribution is -0.118. The molecule has 29 heavy (non-hydrogen) atoms. The van der Waals surface area contributed by atoms with Crippen molar-refractivity contribution in [2.75, 3.05) is 11.4 Å². The molecule has 0 atom stereocenters. The summed E-state index contributed by atoms with van der Waals surface area (Å²) < 4.78 is 5.47. The molecule has 0 saturated heterocycles. The minimum Gasteiger partial charge on any atom is -0.465 e. The molecule has 2 amide bonds. The van der Waals surface area contributed by atoms with Crippen LogP contribution in [0.15, 0.2) is 59.0 Å². The summed E-state index contributed by atoms with van der Waals surface area (Å²) in [5.41, 5.74) is 4.96. The van der Waals surface area contributed by atoms with Gasteiger partial charge in [0.2, 0.25) is 5.91 Å². The average Bonchev–Trinajstić information content (AvgIpc) is 3.37. The molecule has 0 fully saturated rings. The summed E-state index contributed by atoms with van der Waals surface area (Å²) in [6.45, 7) is 4.89. The first-order chi connectivity index (χ1) is 14.0. The SMILES string of the molecule is CCC(=O)N1CCc2cc(-c3ccc(C(=O)NCc4ccc(C)o4)cc3)ccc21. The number of anilines is 1. The van der Waals surface area contributed by atoms with Crippen molar-refractivity contribution >= 4 is 17.5 Å². The largest absolute Gasteiger partial charge is 0.465 e. The van der Waals surface area contributed by atoms with Gasteiger partial charge in [0.05, 0.1) is 6.54 Å². The Morgan fingerprint density at radius 3 is 2.48 bits per heavy atom. The molecule has 2 heterocycles. The van der Waals surface area contributed by atoms with Gasteiger partial charge in [0.1, 0.15) is 11.5 Å². The second kappa shape index (κ2) is 7.95. The zero-order valence-electron chi connectivity index (χ0n) is 16.7. The Labute approximate surface area is 170 Å². The maximum Gasteiger partial charge on any atom is 0.251 e. The fourth-order valence-electron chi connectivity index (χ4n) is 3.69. The molecule has 2 aromatic carbocycles. The van der Waals surface area contributed by atoms with Crippen molar-refractivity contribution < 1.29 is 14.0 Å². The highest BCUT2D eigenvalue weighted by Crippen LogP contribution is 2.32. The summed E-state index contributed by atoms with van der Waals surface area (Å²) in [4.78, 5) is 26.3. The van der Waals surface area contributed by atoms with E-state index in [1.165, 1.54) is 5.56 Å². The Balaban J connectivity index is 1.45. The molecule has 5 nitrogen and oxygen atoms in total. The number of rotatable bonds is 5. The van der Waals surface area contributed by atoms with E-state index in [1.807, 2.05) is 67.3 Å². The smallest absolute Gasteiger partial charge is 0.251 e. The number of aryl methyl sites for hydroxylation is 1. The van der Waals surface area contributed by atoms with Crippen LogP contribution in [0.1, 0.15) is 40.8 Å². The highest BCUT2D eigenvalue weighted by atomic mass is 16.3. The van der Waals surface area contributed by atoms with Crippen LogP contribution in [0.25, 0.3) is 11.1 Å². The standard InChI is InChI=1S/C24H24N2O3/c1-3-23(27)26-13-12-20-14-19(9-11-22(20)26)17-5-7-18(8-6-17)24(28)25-15-21-10-4-16(2)29-21/h4-11,14H,3,12-13,15H2,1-2H3,(H,25,28). The summed E-state index contributed by atoms with van der Waals surface area (Å²) in [7, 11) is 0. The number of fused-ring (bicyclic) bond motifs is 1. The Morgan fingerprint density at radius 2 is 1.79 bits per heavy atom. The molecule has 5 heteroatoms. The predicted octanol–water partition coefficient (Wildman–Crippen LogP) is 4.48. The van der Waals surface area contributed by atoms with E-state index in [0.717, 1.165) is 41.3 Å². The van der Waals surface area contributed by atoms with Gasteiger partial charge in [-0.3, -0.25) is 9.59 Å². The molecule has 0 aliphatic carbocycles. The molecule has 4 rings (SSSR count). The number of carbonyl (C=O) groups is 2. The molecule has 1 N–H and O–H groups in total. The molecule has 148 valence electrons. The number of hydrogen-bond donors (Lipinski definition) is 1. The molecule has 0 radical (unpaired) electrons. The maximum absolute atomic E-state index is 12.4. The Kier molecular flexibility index (Phi) is 5.21. The van der Waals surface area contributed by atoms with Crippen molar-refractivity contribution in [3.63, 3.8) is 0 Å². The molecule has 0 saturated carbocycles. The Morgan fingerprint density at radius 1 is 1.03 bits per heavy atom. The molecular weight excluding hydrogens is 364 g/mol.